The Kier molecular flexibility index (Phi) is 7.04. The number of nitrogens with zero attached hydrogens (tertiary/aromatic N) is 1. The summed E-state index contributed by atoms with van der Waals surface area (Å²) in [4.78, 5) is 18.7. The molecule has 4 rings (SSSR count). The normalized spacial score (nSPS) is 20.8. The molecule has 0 radical (unpaired) electrons. The van der Waals surface area contributed by atoms with Crippen LogP contribution in [0.3, 0.4) is 0 Å². The molecule has 0 saturated heterocycles. The van der Waals surface area contributed by atoms with E-state index in [1.54, 1.807) is 11.8 Å². The SMILES string of the molecule is Cc1ccc(SCc2nc(-c3ccc(C(=O)N[C@@H]4CCC[C@H](C)[C@H]4C)cc3)oc2C)cc1. The fourth-order valence-corrected chi connectivity index (χ4v) is 5.17. The third kappa shape index (κ3) is 5.26. The summed E-state index contributed by atoms with van der Waals surface area (Å²) < 4.78 is 5.93. The highest BCUT2D eigenvalue weighted by Gasteiger charge is 2.28. The number of carbonyl (C=O) groups is 1. The van der Waals surface area contributed by atoms with Gasteiger partial charge in [0, 0.05) is 27.8 Å². The first-order valence-electron chi connectivity index (χ1n) is 11.5. The topological polar surface area (TPSA) is 55.1 Å². The van der Waals surface area contributed by atoms with E-state index in [9.17, 15) is 4.79 Å². The fraction of sp³-hybridized carbons (Fsp3) is 0.407. The van der Waals surface area contributed by atoms with Crippen LogP contribution in [0.1, 0.15) is 60.5 Å². The molecular weight excluding hydrogens is 416 g/mol. The Bertz CT molecular complexity index is 1060. The van der Waals surface area contributed by atoms with Crippen LogP contribution >= 0.6 is 11.8 Å². The maximum atomic E-state index is 12.8. The van der Waals surface area contributed by atoms with Gasteiger partial charge in [0.1, 0.15) is 5.76 Å². The highest BCUT2D eigenvalue weighted by atomic mass is 32.2. The van der Waals surface area contributed by atoms with Crippen molar-refractivity contribution in [2.75, 3.05) is 0 Å². The molecule has 32 heavy (non-hydrogen) atoms. The molecule has 3 atom stereocenters. The van der Waals surface area contributed by atoms with E-state index in [4.69, 9.17) is 9.40 Å². The molecular formula is C27H32N2O2S. The van der Waals surface area contributed by atoms with Crippen molar-refractivity contribution in [1.82, 2.24) is 10.3 Å². The minimum Gasteiger partial charge on any atom is -0.441 e. The minimum absolute atomic E-state index is 0.00118. The quantitative estimate of drug-likeness (QED) is 0.421. The maximum Gasteiger partial charge on any atom is 0.251 e. The van der Waals surface area contributed by atoms with Crippen molar-refractivity contribution in [2.24, 2.45) is 11.8 Å². The lowest BCUT2D eigenvalue weighted by Gasteiger charge is -2.34. The molecule has 3 aromatic rings. The molecule has 0 unspecified atom stereocenters. The summed E-state index contributed by atoms with van der Waals surface area (Å²) >= 11 is 1.75. The lowest BCUT2D eigenvalue weighted by atomic mass is 9.78. The first kappa shape index (κ1) is 22.7. The third-order valence-corrected chi connectivity index (χ3v) is 7.73. The van der Waals surface area contributed by atoms with Crippen LogP contribution in [0, 0.1) is 25.7 Å². The van der Waals surface area contributed by atoms with Gasteiger partial charge in [-0.25, -0.2) is 4.98 Å². The van der Waals surface area contributed by atoms with Crippen LogP contribution in [-0.4, -0.2) is 16.9 Å². The number of aromatic nitrogens is 1. The van der Waals surface area contributed by atoms with E-state index >= 15 is 0 Å². The molecule has 1 N–H and O–H groups in total. The first-order chi connectivity index (χ1) is 15.4. The molecule has 168 valence electrons. The standard InChI is InChI=1S/C27H32N2O2S/c1-17-8-14-23(15-9-17)32-16-25-20(4)31-27(29-25)22-12-10-21(11-13-22)26(30)28-24-7-5-6-18(2)19(24)3/h8-15,18-19,24H,5-7,16H2,1-4H3,(H,28,30)/t18-,19+,24+/m0/s1. The van der Waals surface area contributed by atoms with E-state index in [-0.39, 0.29) is 11.9 Å². The van der Waals surface area contributed by atoms with Crippen molar-refractivity contribution in [3.8, 4) is 11.5 Å². The van der Waals surface area contributed by atoms with Crippen molar-refractivity contribution in [2.45, 2.75) is 63.6 Å². The zero-order chi connectivity index (χ0) is 22.7. The van der Waals surface area contributed by atoms with Gasteiger partial charge in [0.25, 0.3) is 5.91 Å². The Labute approximate surface area is 195 Å². The van der Waals surface area contributed by atoms with Gasteiger partial charge in [0.05, 0.1) is 5.69 Å². The molecule has 1 heterocycles. The molecule has 0 bridgehead atoms. The number of thioether (sulfide) groups is 1. The van der Waals surface area contributed by atoms with Crippen LogP contribution in [0.4, 0.5) is 0 Å². The van der Waals surface area contributed by atoms with Gasteiger partial charge in [0.2, 0.25) is 5.89 Å². The molecule has 5 heteroatoms. The number of hydrogen-bond donors (Lipinski definition) is 1. The van der Waals surface area contributed by atoms with Gasteiger partial charge >= 0.3 is 0 Å². The molecule has 1 aliphatic carbocycles. The van der Waals surface area contributed by atoms with E-state index in [2.05, 4.69) is 50.4 Å². The minimum atomic E-state index is 0.00118. The predicted molar refractivity (Wildman–Crippen MR) is 131 cm³/mol. The van der Waals surface area contributed by atoms with Crippen molar-refractivity contribution < 1.29 is 9.21 Å². The van der Waals surface area contributed by atoms with Crippen LogP contribution in [0.15, 0.2) is 57.8 Å². The zero-order valence-electron chi connectivity index (χ0n) is 19.4. The van der Waals surface area contributed by atoms with E-state index in [1.165, 1.54) is 23.3 Å². The molecule has 1 aliphatic rings. The van der Waals surface area contributed by atoms with E-state index < -0.39 is 0 Å². The van der Waals surface area contributed by atoms with Crippen molar-refractivity contribution in [3.63, 3.8) is 0 Å². The summed E-state index contributed by atoms with van der Waals surface area (Å²) in [6.45, 7) is 8.57. The van der Waals surface area contributed by atoms with Crippen LogP contribution < -0.4 is 5.32 Å². The van der Waals surface area contributed by atoms with Crippen molar-refractivity contribution >= 4 is 17.7 Å². The number of amides is 1. The van der Waals surface area contributed by atoms with Crippen LogP contribution in [0.5, 0.6) is 0 Å². The highest BCUT2D eigenvalue weighted by molar-refractivity contribution is 7.98. The van der Waals surface area contributed by atoms with Gasteiger partial charge in [0.15, 0.2) is 0 Å². The second-order valence-corrected chi connectivity index (χ2v) is 10.1. The third-order valence-electron chi connectivity index (χ3n) is 6.71. The van der Waals surface area contributed by atoms with Crippen LogP contribution in [-0.2, 0) is 5.75 Å². The van der Waals surface area contributed by atoms with E-state index in [0.29, 0.717) is 23.3 Å². The molecule has 1 fully saturated rings. The number of benzene rings is 2. The lowest BCUT2D eigenvalue weighted by molar-refractivity contribution is 0.0891. The second-order valence-electron chi connectivity index (χ2n) is 9.05. The van der Waals surface area contributed by atoms with Gasteiger partial charge in [-0.05, 0) is 68.5 Å². The van der Waals surface area contributed by atoms with Crippen molar-refractivity contribution in [1.29, 1.82) is 0 Å². The molecule has 0 aliphatic heterocycles. The van der Waals surface area contributed by atoms with Gasteiger partial charge in [-0.1, -0.05) is 44.4 Å². The first-order valence-corrected chi connectivity index (χ1v) is 12.5. The molecule has 4 nitrogen and oxygen atoms in total. The molecule has 1 aromatic heterocycles. The smallest absolute Gasteiger partial charge is 0.251 e. The largest absolute Gasteiger partial charge is 0.441 e. The van der Waals surface area contributed by atoms with Gasteiger partial charge in [-0.2, -0.15) is 0 Å². The number of oxazole rings is 1. The summed E-state index contributed by atoms with van der Waals surface area (Å²) in [7, 11) is 0. The second kappa shape index (κ2) is 9.95. The lowest BCUT2D eigenvalue weighted by Crippen LogP contribution is -2.43. The summed E-state index contributed by atoms with van der Waals surface area (Å²) in [6, 6.07) is 16.3. The Morgan fingerprint density at radius 3 is 2.50 bits per heavy atom. The highest BCUT2D eigenvalue weighted by Crippen LogP contribution is 2.30. The molecule has 1 saturated carbocycles. The van der Waals surface area contributed by atoms with Gasteiger partial charge in [-0.3, -0.25) is 4.79 Å². The molecule has 0 spiro atoms. The van der Waals surface area contributed by atoms with E-state index in [1.807, 2.05) is 31.2 Å². The number of rotatable bonds is 6. The van der Waals surface area contributed by atoms with Gasteiger partial charge in [-0.15, -0.1) is 11.8 Å². The van der Waals surface area contributed by atoms with E-state index in [0.717, 1.165) is 29.2 Å². The summed E-state index contributed by atoms with van der Waals surface area (Å²) in [6.07, 6.45) is 3.50. The van der Waals surface area contributed by atoms with Crippen LogP contribution in [0.2, 0.25) is 0 Å². The monoisotopic (exact) mass is 448 g/mol. The Hall–Kier alpha value is -2.53. The predicted octanol–water partition coefficient (Wildman–Crippen LogP) is 6.81. The van der Waals surface area contributed by atoms with Crippen LogP contribution in [0.25, 0.3) is 11.5 Å². The number of carbonyl (C=O) groups excluding carboxylic acids is 1. The summed E-state index contributed by atoms with van der Waals surface area (Å²) in [5.74, 6) is 3.37. The Morgan fingerprint density at radius 2 is 1.78 bits per heavy atom. The van der Waals surface area contributed by atoms with Gasteiger partial charge < -0.3 is 9.73 Å². The number of hydrogen-bond acceptors (Lipinski definition) is 4. The van der Waals surface area contributed by atoms with Crippen molar-refractivity contribution in [3.05, 3.63) is 71.1 Å². The maximum absolute atomic E-state index is 12.8. The summed E-state index contributed by atoms with van der Waals surface area (Å²) in [5, 5.41) is 3.24. The molecule has 2 aromatic carbocycles. The Balaban J connectivity index is 1.40. The average Bonchev–Trinajstić information content (AvgIpc) is 3.17. The Morgan fingerprint density at radius 1 is 1.06 bits per heavy atom. The number of aryl methyl sites for hydroxylation is 2. The zero-order valence-corrected chi connectivity index (χ0v) is 20.2. The molecule has 1 amide bonds. The summed E-state index contributed by atoms with van der Waals surface area (Å²) in [5.41, 5.74) is 3.77. The average molecular weight is 449 g/mol. The number of nitrogens with one attached hydrogen (secondary N) is 1. The fourth-order valence-electron chi connectivity index (χ4n) is 4.27.